The summed E-state index contributed by atoms with van der Waals surface area (Å²) in [6, 6.07) is 5.10. The number of ether oxygens (including phenoxy) is 1. The topological polar surface area (TPSA) is 50.4 Å². The molecule has 0 bridgehead atoms. The summed E-state index contributed by atoms with van der Waals surface area (Å²) in [5.41, 5.74) is 0.585. The standard InChI is InChI=1S/C13H19ClN2O2/c1-9(2)7-15-8-13(17)16-11-6-10(14)4-5-12(11)18-3/h4-6,9,15H,7-8H2,1-3H3,(H,16,17). The first-order valence-corrected chi connectivity index (χ1v) is 6.25. The zero-order valence-electron chi connectivity index (χ0n) is 10.9. The van der Waals surface area contributed by atoms with Crippen LogP contribution in [-0.4, -0.2) is 26.1 Å². The maximum atomic E-state index is 11.7. The fraction of sp³-hybridized carbons (Fsp3) is 0.462. The predicted molar refractivity (Wildman–Crippen MR) is 74.3 cm³/mol. The summed E-state index contributed by atoms with van der Waals surface area (Å²) in [4.78, 5) is 11.7. The van der Waals surface area contributed by atoms with E-state index in [0.29, 0.717) is 22.4 Å². The van der Waals surface area contributed by atoms with E-state index in [1.54, 1.807) is 25.3 Å². The molecular formula is C13H19ClN2O2. The van der Waals surface area contributed by atoms with Gasteiger partial charge in [-0.25, -0.2) is 0 Å². The summed E-state index contributed by atoms with van der Waals surface area (Å²) >= 11 is 5.88. The van der Waals surface area contributed by atoms with Gasteiger partial charge in [0.05, 0.1) is 19.3 Å². The first-order valence-electron chi connectivity index (χ1n) is 5.87. The molecule has 100 valence electrons. The van der Waals surface area contributed by atoms with Crippen molar-refractivity contribution in [2.24, 2.45) is 5.92 Å². The molecule has 4 nitrogen and oxygen atoms in total. The van der Waals surface area contributed by atoms with Crippen molar-refractivity contribution < 1.29 is 9.53 Å². The van der Waals surface area contributed by atoms with Gasteiger partial charge in [-0.3, -0.25) is 4.79 Å². The Hall–Kier alpha value is -1.26. The number of benzene rings is 1. The van der Waals surface area contributed by atoms with Crippen LogP contribution >= 0.6 is 11.6 Å². The average molecular weight is 271 g/mol. The van der Waals surface area contributed by atoms with E-state index in [0.717, 1.165) is 6.54 Å². The van der Waals surface area contributed by atoms with Crippen LogP contribution in [0.3, 0.4) is 0 Å². The van der Waals surface area contributed by atoms with Gasteiger partial charge in [-0.15, -0.1) is 0 Å². The lowest BCUT2D eigenvalue weighted by molar-refractivity contribution is -0.115. The molecule has 18 heavy (non-hydrogen) atoms. The summed E-state index contributed by atoms with van der Waals surface area (Å²) in [5, 5.41) is 6.39. The molecule has 2 N–H and O–H groups in total. The van der Waals surface area contributed by atoms with Gasteiger partial charge in [-0.1, -0.05) is 25.4 Å². The second-order valence-corrected chi connectivity index (χ2v) is 4.85. The molecule has 0 fully saturated rings. The minimum Gasteiger partial charge on any atom is -0.495 e. The zero-order valence-corrected chi connectivity index (χ0v) is 11.7. The normalized spacial score (nSPS) is 10.5. The Labute approximate surface area is 113 Å². The van der Waals surface area contributed by atoms with Gasteiger partial charge in [0.2, 0.25) is 5.91 Å². The number of rotatable bonds is 6. The number of anilines is 1. The van der Waals surface area contributed by atoms with Crippen LogP contribution in [0.15, 0.2) is 18.2 Å². The Bertz CT molecular complexity index is 408. The third-order valence-corrected chi connectivity index (χ3v) is 2.51. The van der Waals surface area contributed by atoms with E-state index in [1.807, 2.05) is 0 Å². The van der Waals surface area contributed by atoms with Crippen LogP contribution in [0.1, 0.15) is 13.8 Å². The highest BCUT2D eigenvalue weighted by atomic mass is 35.5. The fourth-order valence-electron chi connectivity index (χ4n) is 1.45. The van der Waals surface area contributed by atoms with Crippen LogP contribution in [0.25, 0.3) is 0 Å². The lowest BCUT2D eigenvalue weighted by Crippen LogP contribution is -2.30. The molecular weight excluding hydrogens is 252 g/mol. The van der Waals surface area contributed by atoms with Crippen molar-refractivity contribution in [2.45, 2.75) is 13.8 Å². The predicted octanol–water partition coefficient (Wildman–Crippen LogP) is 2.53. The van der Waals surface area contributed by atoms with Crippen molar-refractivity contribution in [3.8, 4) is 5.75 Å². The Morgan fingerprint density at radius 2 is 2.17 bits per heavy atom. The largest absolute Gasteiger partial charge is 0.495 e. The van der Waals surface area contributed by atoms with Gasteiger partial charge >= 0.3 is 0 Å². The Morgan fingerprint density at radius 1 is 1.44 bits per heavy atom. The molecule has 0 aromatic heterocycles. The van der Waals surface area contributed by atoms with Crippen LogP contribution in [-0.2, 0) is 4.79 Å². The number of hydrogen-bond acceptors (Lipinski definition) is 3. The number of carbonyl (C=O) groups is 1. The minimum atomic E-state index is -0.115. The maximum absolute atomic E-state index is 11.7. The lowest BCUT2D eigenvalue weighted by atomic mass is 10.2. The molecule has 0 aliphatic carbocycles. The average Bonchev–Trinajstić information content (AvgIpc) is 2.28. The van der Waals surface area contributed by atoms with E-state index < -0.39 is 0 Å². The molecule has 0 heterocycles. The highest BCUT2D eigenvalue weighted by Gasteiger charge is 2.08. The molecule has 0 atom stereocenters. The van der Waals surface area contributed by atoms with E-state index in [4.69, 9.17) is 16.3 Å². The van der Waals surface area contributed by atoms with Gasteiger partial charge in [0.1, 0.15) is 5.75 Å². The molecule has 0 saturated heterocycles. The summed E-state index contributed by atoms with van der Waals surface area (Å²) in [7, 11) is 1.55. The third-order valence-electron chi connectivity index (χ3n) is 2.27. The number of halogens is 1. The van der Waals surface area contributed by atoms with Crippen LogP contribution < -0.4 is 15.4 Å². The van der Waals surface area contributed by atoms with Gasteiger partial charge in [-0.05, 0) is 30.7 Å². The van der Waals surface area contributed by atoms with Gasteiger partial charge < -0.3 is 15.4 Å². The summed E-state index contributed by atoms with van der Waals surface area (Å²) in [6.07, 6.45) is 0. The van der Waals surface area contributed by atoms with Crippen molar-refractivity contribution in [2.75, 3.05) is 25.5 Å². The van der Waals surface area contributed by atoms with Crippen molar-refractivity contribution in [1.29, 1.82) is 0 Å². The van der Waals surface area contributed by atoms with Gasteiger partial charge in [-0.2, -0.15) is 0 Å². The Balaban J connectivity index is 2.55. The number of carbonyl (C=O) groups excluding carboxylic acids is 1. The molecule has 5 heteroatoms. The Kier molecular flexibility index (Phi) is 5.95. The van der Waals surface area contributed by atoms with E-state index in [-0.39, 0.29) is 12.5 Å². The molecule has 1 aromatic carbocycles. The molecule has 0 aliphatic rings. The number of amides is 1. The fourth-order valence-corrected chi connectivity index (χ4v) is 1.62. The van der Waals surface area contributed by atoms with Crippen LogP contribution in [0.4, 0.5) is 5.69 Å². The Morgan fingerprint density at radius 3 is 2.78 bits per heavy atom. The molecule has 1 aromatic rings. The maximum Gasteiger partial charge on any atom is 0.238 e. The van der Waals surface area contributed by atoms with Crippen LogP contribution in [0, 0.1) is 5.92 Å². The molecule has 1 amide bonds. The first kappa shape index (κ1) is 14.8. The molecule has 0 radical (unpaired) electrons. The van der Waals surface area contributed by atoms with Gasteiger partial charge in [0, 0.05) is 5.02 Å². The van der Waals surface area contributed by atoms with Crippen LogP contribution in [0.2, 0.25) is 5.02 Å². The second kappa shape index (κ2) is 7.24. The van der Waals surface area contributed by atoms with E-state index in [2.05, 4.69) is 24.5 Å². The highest BCUT2D eigenvalue weighted by molar-refractivity contribution is 6.31. The second-order valence-electron chi connectivity index (χ2n) is 4.42. The van der Waals surface area contributed by atoms with Crippen molar-refractivity contribution in [1.82, 2.24) is 5.32 Å². The molecule has 0 unspecified atom stereocenters. The van der Waals surface area contributed by atoms with Crippen molar-refractivity contribution >= 4 is 23.2 Å². The summed E-state index contributed by atoms with van der Waals surface area (Å²) in [5.74, 6) is 0.992. The van der Waals surface area contributed by atoms with Crippen molar-refractivity contribution in [3.05, 3.63) is 23.2 Å². The number of methoxy groups -OCH3 is 1. The summed E-state index contributed by atoms with van der Waals surface area (Å²) in [6.45, 7) is 5.25. The zero-order chi connectivity index (χ0) is 13.5. The van der Waals surface area contributed by atoms with E-state index in [1.165, 1.54) is 0 Å². The molecule has 0 saturated carbocycles. The lowest BCUT2D eigenvalue weighted by Gasteiger charge is -2.11. The van der Waals surface area contributed by atoms with Crippen LogP contribution in [0.5, 0.6) is 5.75 Å². The number of hydrogen-bond donors (Lipinski definition) is 2. The third kappa shape index (κ3) is 4.94. The summed E-state index contributed by atoms with van der Waals surface area (Å²) < 4.78 is 5.15. The van der Waals surface area contributed by atoms with Gasteiger partial charge in [0.25, 0.3) is 0 Å². The molecule has 0 aliphatic heterocycles. The SMILES string of the molecule is COc1ccc(Cl)cc1NC(=O)CNCC(C)C. The van der Waals surface area contributed by atoms with E-state index in [9.17, 15) is 4.79 Å². The molecule has 1 rings (SSSR count). The smallest absolute Gasteiger partial charge is 0.238 e. The minimum absolute atomic E-state index is 0.115. The van der Waals surface area contributed by atoms with Crippen molar-refractivity contribution in [3.63, 3.8) is 0 Å². The van der Waals surface area contributed by atoms with E-state index >= 15 is 0 Å². The highest BCUT2D eigenvalue weighted by Crippen LogP contribution is 2.27. The first-order chi connectivity index (χ1) is 8.52. The quantitative estimate of drug-likeness (QED) is 0.835. The van der Waals surface area contributed by atoms with Gasteiger partial charge in [0.15, 0.2) is 0 Å². The number of nitrogens with one attached hydrogen (secondary N) is 2. The monoisotopic (exact) mass is 270 g/mol. The molecule has 0 spiro atoms.